The maximum Gasteiger partial charge on any atom is 0.245 e. The summed E-state index contributed by atoms with van der Waals surface area (Å²) < 4.78 is 4.65. The van der Waals surface area contributed by atoms with E-state index in [1.165, 1.54) is 6.26 Å². The molecule has 6 heteroatoms. The molecule has 116 valence electrons. The molecule has 6 nitrogen and oxygen atoms in total. The highest BCUT2D eigenvalue weighted by atomic mass is 16.5. The van der Waals surface area contributed by atoms with Crippen molar-refractivity contribution in [2.24, 2.45) is 0 Å². The molecule has 1 N–H and O–H groups in total. The molecule has 2 amide bonds. The van der Waals surface area contributed by atoms with Gasteiger partial charge in [-0.2, -0.15) is 0 Å². The Kier molecular flexibility index (Phi) is 5.30. The van der Waals surface area contributed by atoms with Crippen molar-refractivity contribution in [3.8, 4) is 0 Å². The van der Waals surface area contributed by atoms with Crippen LogP contribution < -0.4 is 5.32 Å². The largest absolute Gasteiger partial charge is 0.363 e. The fraction of sp³-hybridized carbons (Fsp3) is 0.312. The van der Waals surface area contributed by atoms with Gasteiger partial charge in [0.2, 0.25) is 11.8 Å². The molecule has 2 aromatic rings. The molecular formula is C16H19N3O3. The van der Waals surface area contributed by atoms with E-state index in [4.69, 9.17) is 0 Å². The fourth-order valence-electron chi connectivity index (χ4n) is 2.04. The van der Waals surface area contributed by atoms with Gasteiger partial charge in [-0.05, 0) is 19.4 Å². The third-order valence-electron chi connectivity index (χ3n) is 3.16. The molecule has 22 heavy (non-hydrogen) atoms. The molecule has 0 atom stereocenters. The molecule has 0 saturated carbocycles. The normalized spacial score (nSPS) is 10.5. The van der Waals surface area contributed by atoms with Crippen molar-refractivity contribution in [3.63, 3.8) is 0 Å². The first-order valence-electron chi connectivity index (χ1n) is 7.10. The second-order valence-electron chi connectivity index (χ2n) is 5.21. The highest BCUT2D eigenvalue weighted by Gasteiger charge is 2.20. The van der Waals surface area contributed by atoms with Crippen molar-refractivity contribution in [3.05, 3.63) is 48.2 Å². The fourth-order valence-corrected chi connectivity index (χ4v) is 2.04. The van der Waals surface area contributed by atoms with Crippen LogP contribution in [0, 0.1) is 0 Å². The smallest absolute Gasteiger partial charge is 0.245 e. The second-order valence-corrected chi connectivity index (χ2v) is 5.21. The molecule has 0 spiro atoms. The average molecular weight is 301 g/mol. The molecule has 0 aliphatic heterocycles. The summed E-state index contributed by atoms with van der Waals surface area (Å²) in [5.41, 5.74) is 0.926. The molecule has 0 radical (unpaired) electrons. The first-order chi connectivity index (χ1) is 10.6. The zero-order chi connectivity index (χ0) is 15.9. The van der Waals surface area contributed by atoms with Crippen LogP contribution >= 0.6 is 0 Å². The van der Waals surface area contributed by atoms with Gasteiger partial charge in [0.05, 0.1) is 6.42 Å². The maximum absolute atomic E-state index is 12.4. The number of aromatic nitrogens is 1. The quantitative estimate of drug-likeness (QED) is 0.886. The van der Waals surface area contributed by atoms with Crippen LogP contribution in [0.25, 0.3) is 0 Å². The first-order valence-corrected chi connectivity index (χ1v) is 7.10. The number of benzene rings is 1. The summed E-state index contributed by atoms with van der Waals surface area (Å²) in [5.74, 6) is -0.0512. The van der Waals surface area contributed by atoms with Crippen LogP contribution in [0.5, 0.6) is 0 Å². The van der Waals surface area contributed by atoms with Crippen LogP contribution in [0.1, 0.15) is 19.4 Å². The maximum atomic E-state index is 12.4. The van der Waals surface area contributed by atoms with Gasteiger partial charge < -0.3 is 14.7 Å². The van der Waals surface area contributed by atoms with E-state index in [2.05, 4.69) is 15.0 Å². The van der Waals surface area contributed by atoms with E-state index in [9.17, 15) is 9.59 Å². The summed E-state index contributed by atoms with van der Waals surface area (Å²) in [5, 5.41) is 6.20. The lowest BCUT2D eigenvalue weighted by atomic mass is 10.1. The van der Waals surface area contributed by atoms with E-state index in [0.717, 1.165) is 5.56 Å². The summed E-state index contributed by atoms with van der Waals surface area (Å²) in [6.07, 6.45) is 1.65. The van der Waals surface area contributed by atoms with Crippen LogP contribution in [-0.2, 0) is 16.0 Å². The number of nitrogens with one attached hydrogen (secondary N) is 1. The number of carbonyl (C=O) groups excluding carboxylic acids is 2. The first kappa shape index (κ1) is 15.8. The number of hydrogen-bond donors (Lipinski definition) is 1. The number of hydrogen-bond acceptors (Lipinski definition) is 4. The van der Waals surface area contributed by atoms with Gasteiger partial charge in [-0.3, -0.25) is 9.59 Å². The minimum Gasteiger partial charge on any atom is -0.363 e. The summed E-state index contributed by atoms with van der Waals surface area (Å²) in [6.45, 7) is 3.74. The third kappa shape index (κ3) is 4.44. The minimum atomic E-state index is -0.302. The summed E-state index contributed by atoms with van der Waals surface area (Å²) in [6, 6.07) is 10.9. The molecule has 2 rings (SSSR count). The van der Waals surface area contributed by atoms with Crippen LogP contribution in [0.4, 0.5) is 5.82 Å². The Morgan fingerprint density at radius 1 is 1.23 bits per heavy atom. The van der Waals surface area contributed by atoms with Crippen molar-refractivity contribution in [1.29, 1.82) is 0 Å². The molecule has 0 unspecified atom stereocenters. The van der Waals surface area contributed by atoms with E-state index < -0.39 is 0 Å². The Morgan fingerprint density at radius 2 is 1.95 bits per heavy atom. The van der Waals surface area contributed by atoms with Gasteiger partial charge in [-0.15, -0.1) is 0 Å². The number of rotatable bonds is 6. The van der Waals surface area contributed by atoms with Crippen LogP contribution in [0.2, 0.25) is 0 Å². The monoisotopic (exact) mass is 301 g/mol. The number of anilines is 1. The number of nitrogens with zero attached hydrogens (tertiary/aromatic N) is 2. The average Bonchev–Trinajstić information content (AvgIpc) is 2.98. The zero-order valence-corrected chi connectivity index (χ0v) is 12.7. The van der Waals surface area contributed by atoms with Crippen molar-refractivity contribution < 1.29 is 14.1 Å². The van der Waals surface area contributed by atoms with Gasteiger partial charge in [0.25, 0.3) is 0 Å². The molecule has 0 aliphatic rings. The van der Waals surface area contributed by atoms with Crippen molar-refractivity contribution in [2.45, 2.75) is 26.3 Å². The molecule has 0 bridgehead atoms. The van der Waals surface area contributed by atoms with E-state index in [-0.39, 0.29) is 30.8 Å². The van der Waals surface area contributed by atoms with Gasteiger partial charge in [0.15, 0.2) is 5.82 Å². The topological polar surface area (TPSA) is 75.4 Å². The third-order valence-corrected chi connectivity index (χ3v) is 3.16. The molecule has 1 heterocycles. The zero-order valence-electron chi connectivity index (χ0n) is 12.7. The van der Waals surface area contributed by atoms with Crippen LogP contribution in [0.15, 0.2) is 47.2 Å². The molecule has 0 saturated heterocycles. The summed E-state index contributed by atoms with van der Waals surface area (Å²) >= 11 is 0. The standard InChI is InChI=1S/C16H19N3O3/c1-12(2)19(11-15(20)17-14-8-9-22-18-14)16(21)10-13-6-4-3-5-7-13/h3-9,12H,10-11H2,1-2H3,(H,17,18,20). The van der Waals surface area contributed by atoms with E-state index in [0.29, 0.717) is 5.82 Å². The Labute approximate surface area is 129 Å². The van der Waals surface area contributed by atoms with Crippen molar-refractivity contribution >= 4 is 17.6 Å². The predicted molar refractivity (Wildman–Crippen MR) is 82.1 cm³/mol. The van der Waals surface area contributed by atoms with Gasteiger partial charge >= 0.3 is 0 Å². The van der Waals surface area contributed by atoms with Crippen LogP contribution in [-0.4, -0.2) is 34.5 Å². The van der Waals surface area contributed by atoms with E-state index >= 15 is 0 Å². The number of carbonyl (C=O) groups is 2. The van der Waals surface area contributed by atoms with Gasteiger partial charge in [-0.1, -0.05) is 35.5 Å². The Bertz CT molecular complexity index is 609. The Balaban J connectivity index is 1.97. The lowest BCUT2D eigenvalue weighted by molar-refractivity contribution is -0.135. The van der Waals surface area contributed by atoms with Gasteiger partial charge in [-0.25, -0.2) is 0 Å². The van der Waals surface area contributed by atoms with Crippen molar-refractivity contribution in [1.82, 2.24) is 10.1 Å². The molecule has 0 fully saturated rings. The predicted octanol–water partition coefficient (Wildman–Crippen LogP) is 2.09. The summed E-state index contributed by atoms with van der Waals surface area (Å²) in [7, 11) is 0. The SMILES string of the molecule is CC(C)N(CC(=O)Nc1ccon1)C(=O)Cc1ccccc1. The molecule has 1 aromatic heterocycles. The molecular weight excluding hydrogens is 282 g/mol. The number of amides is 2. The van der Waals surface area contributed by atoms with Gasteiger partial charge in [0, 0.05) is 12.1 Å². The summed E-state index contributed by atoms with van der Waals surface area (Å²) in [4.78, 5) is 25.9. The lowest BCUT2D eigenvalue weighted by Gasteiger charge is -2.26. The second kappa shape index (κ2) is 7.40. The van der Waals surface area contributed by atoms with E-state index in [1.54, 1.807) is 11.0 Å². The van der Waals surface area contributed by atoms with Crippen molar-refractivity contribution in [2.75, 3.05) is 11.9 Å². The Morgan fingerprint density at radius 3 is 2.55 bits per heavy atom. The van der Waals surface area contributed by atoms with E-state index in [1.807, 2.05) is 44.2 Å². The molecule has 1 aromatic carbocycles. The Hall–Kier alpha value is -2.63. The highest BCUT2D eigenvalue weighted by Crippen LogP contribution is 2.07. The van der Waals surface area contributed by atoms with Crippen LogP contribution in [0.3, 0.4) is 0 Å². The minimum absolute atomic E-state index is 0.0177. The molecule has 0 aliphatic carbocycles. The highest BCUT2D eigenvalue weighted by molar-refractivity contribution is 5.94. The van der Waals surface area contributed by atoms with Gasteiger partial charge in [0.1, 0.15) is 12.8 Å². The lowest BCUT2D eigenvalue weighted by Crippen LogP contribution is -2.43.